The van der Waals surface area contributed by atoms with Crippen LogP contribution in [-0.4, -0.2) is 35.5 Å². The monoisotopic (exact) mass is 414 g/mol. The molecule has 2 N–H and O–H groups in total. The van der Waals surface area contributed by atoms with Crippen molar-refractivity contribution >= 4 is 5.97 Å². The summed E-state index contributed by atoms with van der Waals surface area (Å²) in [7, 11) is 0. The van der Waals surface area contributed by atoms with Gasteiger partial charge in [-0.15, -0.1) is 0 Å². The van der Waals surface area contributed by atoms with E-state index in [-0.39, 0.29) is 25.1 Å². The summed E-state index contributed by atoms with van der Waals surface area (Å²) in [6.45, 7) is 4.02. The number of rotatable bonds is 22. The molecule has 0 aliphatic carbocycles. The van der Waals surface area contributed by atoms with E-state index in [0.29, 0.717) is 0 Å². The molecule has 0 rings (SSSR count). The Morgan fingerprint density at radius 3 is 1.45 bits per heavy atom. The molecule has 0 aromatic rings. The Morgan fingerprint density at radius 1 is 0.690 bits per heavy atom. The molecule has 0 radical (unpaired) electrons. The third kappa shape index (κ3) is 19.1. The van der Waals surface area contributed by atoms with Gasteiger partial charge < -0.3 is 14.9 Å². The number of esters is 1. The summed E-state index contributed by atoms with van der Waals surface area (Å²) in [6.07, 6.45) is 21.1. The SMILES string of the molecule is CCCCCCCCCCC(CCCCCCCCCC)C(=O)OCC(O)CO. The van der Waals surface area contributed by atoms with Gasteiger partial charge >= 0.3 is 5.97 Å². The highest BCUT2D eigenvalue weighted by molar-refractivity contribution is 5.72. The Kier molecular flexibility index (Phi) is 21.6. The van der Waals surface area contributed by atoms with E-state index in [1.807, 2.05) is 0 Å². The first-order valence-electron chi connectivity index (χ1n) is 12.6. The summed E-state index contributed by atoms with van der Waals surface area (Å²) in [5.74, 6) is -0.246. The smallest absolute Gasteiger partial charge is 0.309 e. The Labute approximate surface area is 180 Å². The molecule has 4 heteroatoms. The van der Waals surface area contributed by atoms with Crippen molar-refractivity contribution < 1.29 is 19.7 Å². The van der Waals surface area contributed by atoms with Gasteiger partial charge in [0.1, 0.15) is 12.7 Å². The van der Waals surface area contributed by atoms with Crippen LogP contribution in [0.5, 0.6) is 0 Å². The molecule has 0 saturated carbocycles. The first kappa shape index (κ1) is 28.4. The number of aliphatic hydroxyl groups is 2. The van der Waals surface area contributed by atoms with Gasteiger partial charge in [-0.1, -0.05) is 117 Å². The van der Waals surface area contributed by atoms with E-state index in [2.05, 4.69) is 13.8 Å². The molecule has 174 valence electrons. The van der Waals surface area contributed by atoms with Crippen LogP contribution < -0.4 is 0 Å². The maximum absolute atomic E-state index is 12.4. The lowest BCUT2D eigenvalue weighted by atomic mass is 9.94. The van der Waals surface area contributed by atoms with E-state index in [0.717, 1.165) is 25.7 Å². The van der Waals surface area contributed by atoms with Gasteiger partial charge in [-0.05, 0) is 12.8 Å². The van der Waals surface area contributed by atoms with Crippen LogP contribution in [0.15, 0.2) is 0 Å². The third-order valence-electron chi connectivity index (χ3n) is 5.77. The molecule has 0 aromatic carbocycles. The molecular formula is C25H50O4. The lowest BCUT2D eigenvalue weighted by molar-refractivity contribution is -0.152. The van der Waals surface area contributed by atoms with Crippen LogP contribution in [0.25, 0.3) is 0 Å². The molecule has 1 unspecified atom stereocenters. The summed E-state index contributed by atoms with van der Waals surface area (Å²) in [4.78, 5) is 12.4. The van der Waals surface area contributed by atoms with Crippen LogP contribution in [0, 0.1) is 5.92 Å². The highest BCUT2D eigenvalue weighted by Gasteiger charge is 2.20. The lowest BCUT2D eigenvalue weighted by Gasteiger charge is -2.17. The molecule has 0 aliphatic rings. The quantitative estimate of drug-likeness (QED) is 0.155. The second kappa shape index (κ2) is 22.1. The first-order valence-corrected chi connectivity index (χ1v) is 12.6. The van der Waals surface area contributed by atoms with Gasteiger partial charge in [0.05, 0.1) is 12.5 Å². The molecule has 0 aliphatic heterocycles. The van der Waals surface area contributed by atoms with Crippen LogP contribution in [0.3, 0.4) is 0 Å². The number of ether oxygens (including phenoxy) is 1. The summed E-state index contributed by atoms with van der Waals surface area (Å²) < 4.78 is 5.25. The normalized spacial score (nSPS) is 12.4. The molecule has 0 bridgehead atoms. The molecule has 0 saturated heterocycles. The molecule has 29 heavy (non-hydrogen) atoms. The minimum Gasteiger partial charge on any atom is -0.463 e. The highest BCUT2D eigenvalue weighted by Crippen LogP contribution is 2.21. The van der Waals surface area contributed by atoms with Crippen LogP contribution in [0.4, 0.5) is 0 Å². The number of hydrogen-bond donors (Lipinski definition) is 2. The maximum Gasteiger partial charge on any atom is 0.309 e. The minimum atomic E-state index is -0.967. The van der Waals surface area contributed by atoms with Crippen molar-refractivity contribution in [2.45, 2.75) is 136 Å². The standard InChI is InChI=1S/C25H50O4/c1-3-5-7-9-11-13-15-17-19-23(25(28)29-22-24(27)21-26)20-18-16-14-12-10-8-6-4-2/h23-24,26-27H,3-22H2,1-2H3. The zero-order valence-electron chi connectivity index (χ0n) is 19.5. The number of unbranched alkanes of at least 4 members (excludes halogenated alkanes) is 14. The molecular weight excluding hydrogens is 364 g/mol. The predicted octanol–water partition coefficient (Wildman–Crippen LogP) is 6.56. The number of carbonyl (C=O) groups is 1. The molecule has 0 amide bonds. The van der Waals surface area contributed by atoms with Gasteiger partial charge in [0, 0.05) is 0 Å². The van der Waals surface area contributed by atoms with E-state index in [1.54, 1.807) is 0 Å². The average Bonchev–Trinajstić information content (AvgIpc) is 2.73. The van der Waals surface area contributed by atoms with E-state index < -0.39 is 6.10 Å². The van der Waals surface area contributed by atoms with Gasteiger partial charge in [0.2, 0.25) is 0 Å². The zero-order valence-corrected chi connectivity index (χ0v) is 19.5. The second-order valence-electron chi connectivity index (χ2n) is 8.69. The lowest BCUT2D eigenvalue weighted by Crippen LogP contribution is -2.25. The molecule has 0 spiro atoms. The molecule has 1 atom stereocenters. The van der Waals surface area contributed by atoms with E-state index in [4.69, 9.17) is 9.84 Å². The second-order valence-corrected chi connectivity index (χ2v) is 8.69. The Balaban J connectivity index is 4.04. The van der Waals surface area contributed by atoms with Crippen molar-refractivity contribution in [2.24, 2.45) is 5.92 Å². The van der Waals surface area contributed by atoms with Crippen LogP contribution >= 0.6 is 0 Å². The average molecular weight is 415 g/mol. The molecule has 4 nitrogen and oxygen atoms in total. The van der Waals surface area contributed by atoms with Crippen LogP contribution in [0.2, 0.25) is 0 Å². The topological polar surface area (TPSA) is 66.8 Å². The first-order chi connectivity index (χ1) is 14.2. The number of hydrogen-bond acceptors (Lipinski definition) is 4. The van der Waals surface area contributed by atoms with Crippen molar-refractivity contribution in [1.29, 1.82) is 0 Å². The number of carbonyl (C=O) groups excluding carboxylic acids is 1. The largest absolute Gasteiger partial charge is 0.463 e. The third-order valence-corrected chi connectivity index (χ3v) is 5.77. The summed E-state index contributed by atoms with van der Waals surface area (Å²) in [5, 5.41) is 18.3. The summed E-state index contributed by atoms with van der Waals surface area (Å²) >= 11 is 0. The van der Waals surface area contributed by atoms with Gasteiger partial charge in [-0.25, -0.2) is 0 Å². The summed E-state index contributed by atoms with van der Waals surface area (Å²) in [6, 6.07) is 0. The van der Waals surface area contributed by atoms with Crippen molar-refractivity contribution in [3.63, 3.8) is 0 Å². The minimum absolute atomic E-state index is 0.0546. The molecule has 0 heterocycles. The fraction of sp³-hybridized carbons (Fsp3) is 0.960. The highest BCUT2D eigenvalue weighted by atomic mass is 16.5. The Morgan fingerprint density at radius 2 is 1.07 bits per heavy atom. The fourth-order valence-electron chi connectivity index (χ4n) is 3.78. The fourth-order valence-corrected chi connectivity index (χ4v) is 3.78. The molecule has 0 aromatic heterocycles. The van der Waals surface area contributed by atoms with Crippen LogP contribution in [0.1, 0.15) is 129 Å². The van der Waals surface area contributed by atoms with Gasteiger partial charge in [0.15, 0.2) is 0 Å². The van der Waals surface area contributed by atoms with Crippen molar-refractivity contribution in [2.75, 3.05) is 13.2 Å². The maximum atomic E-state index is 12.4. The predicted molar refractivity (Wildman–Crippen MR) is 122 cm³/mol. The van der Waals surface area contributed by atoms with Gasteiger partial charge in [0.25, 0.3) is 0 Å². The Bertz CT molecular complexity index is 326. The van der Waals surface area contributed by atoms with E-state index in [1.165, 1.54) is 89.9 Å². The van der Waals surface area contributed by atoms with Crippen molar-refractivity contribution in [3.05, 3.63) is 0 Å². The summed E-state index contributed by atoms with van der Waals surface area (Å²) in [5.41, 5.74) is 0. The van der Waals surface area contributed by atoms with E-state index in [9.17, 15) is 9.90 Å². The van der Waals surface area contributed by atoms with Crippen molar-refractivity contribution in [3.8, 4) is 0 Å². The zero-order chi connectivity index (χ0) is 21.6. The van der Waals surface area contributed by atoms with Gasteiger partial charge in [-0.2, -0.15) is 0 Å². The van der Waals surface area contributed by atoms with Crippen LogP contribution in [-0.2, 0) is 9.53 Å². The Hall–Kier alpha value is -0.610. The van der Waals surface area contributed by atoms with Crippen molar-refractivity contribution in [1.82, 2.24) is 0 Å². The van der Waals surface area contributed by atoms with Gasteiger partial charge in [-0.3, -0.25) is 4.79 Å². The molecule has 0 fully saturated rings. The van der Waals surface area contributed by atoms with E-state index >= 15 is 0 Å². The number of aliphatic hydroxyl groups excluding tert-OH is 2.